The monoisotopic (exact) mass is 393 g/mol. The van der Waals surface area contributed by atoms with Crippen LogP contribution in [-0.2, 0) is 4.74 Å². The van der Waals surface area contributed by atoms with E-state index in [9.17, 15) is 4.79 Å². The van der Waals surface area contributed by atoms with Crippen molar-refractivity contribution in [2.75, 3.05) is 39.4 Å². The van der Waals surface area contributed by atoms with Crippen molar-refractivity contribution in [1.29, 1.82) is 0 Å². The number of ether oxygens (including phenoxy) is 1. The van der Waals surface area contributed by atoms with Crippen molar-refractivity contribution < 1.29 is 9.53 Å². The largest absolute Gasteiger partial charge is 0.379 e. The number of aryl methyl sites for hydroxylation is 2. The highest BCUT2D eigenvalue weighted by Crippen LogP contribution is 2.23. The summed E-state index contributed by atoms with van der Waals surface area (Å²) >= 11 is 0. The van der Waals surface area contributed by atoms with E-state index in [1.54, 1.807) is 0 Å². The zero-order chi connectivity index (χ0) is 20.2. The summed E-state index contributed by atoms with van der Waals surface area (Å²) in [5.41, 5.74) is 3.41. The van der Waals surface area contributed by atoms with Gasteiger partial charge in [-0.15, -0.1) is 0 Å². The number of morpholine rings is 1. The van der Waals surface area contributed by atoms with Gasteiger partial charge in [-0.3, -0.25) is 9.69 Å². The average Bonchev–Trinajstić information content (AvgIpc) is 3.37. The quantitative estimate of drug-likeness (QED) is 0.698. The number of rotatable bonds is 6. The molecular weight excluding hydrogens is 366 g/mol. The number of carbonyl (C=O) groups is 1. The van der Waals surface area contributed by atoms with Gasteiger partial charge in [0.25, 0.3) is 5.91 Å². The molecule has 2 aromatic heterocycles. The number of hydrogen-bond acceptors (Lipinski definition) is 4. The number of amides is 1. The maximum absolute atomic E-state index is 13.1. The lowest BCUT2D eigenvalue weighted by molar-refractivity contribution is 0.0383. The molecule has 7 nitrogen and oxygen atoms in total. The van der Waals surface area contributed by atoms with E-state index in [-0.39, 0.29) is 5.91 Å². The van der Waals surface area contributed by atoms with Gasteiger partial charge in [-0.1, -0.05) is 17.7 Å². The Morgan fingerprint density at radius 2 is 1.79 bits per heavy atom. The van der Waals surface area contributed by atoms with E-state index in [1.807, 2.05) is 65.0 Å². The molecule has 1 aliphatic rings. The number of benzene rings is 1. The van der Waals surface area contributed by atoms with Crippen LogP contribution in [0.25, 0.3) is 11.5 Å². The van der Waals surface area contributed by atoms with Crippen molar-refractivity contribution in [3.63, 3.8) is 0 Å². The molecular formula is C22H27N5O2. The molecule has 1 aromatic carbocycles. The van der Waals surface area contributed by atoms with Gasteiger partial charge in [-0.05, 0) is 38.1 Å². The lowest BCUT2D eigenvalue weighted by atomic mass is 10.2. The third kappa shape index (κ3) is 4.26. The number of nitrogens with one attached hydrogen (secondary N) is 1. The minimum absolute atomic E-state index is 0.0992. The van der Waals surface area contributed by atoms with E-state index in [1.165, 1.54) is 5.56 Å². The molecule has 0 bridgehead atoms. The fourth-order valence-electron chi connectivity index (χ4n) is 3.60. The van der Waals surface area contributed by atoms with Crippen molar-refractivity contribution in [2.24, 2.45) is 0 Å². The Balaban J connectivity index is 1.60. The molecule has 0 aliphatic carbocycles. The van der Waals surface area contributed by atoms with Gasteiger partial charge in [-0.2, -0.15) is 5.10 Å². The Kier molecular flexibility index (Phi) is 5.78. The fourth-order valence-corrected chi connectivity index (χ4v) is 3.60. The summed E-state index contributed by atoms with van der Waals surface area (Å²) in [4.78, 5) is 15.4. The van der Waals surface area contributed by atoms with Gasteiger partial charge in [0.1, 0.15) is 5.56 Å². The number of aromatic nitrogens is 3. The van der Waals surface area contributed by atoms with E-state index in [4.69, 9.17) is 9.84 Å². The number of hydrogen-bond donors (Lipinski definition) is 1. The molecule has 1 fully saturated rings. The topological polar surface area (TPSA) is 64.3 Å². The van der Waals surface area contributed by atoms with Crippen molar-refractivity contribution >= 4 is 5.91 Å². The van der Waals surface area contributed by atoms with E-state index in [0.717, 1.165) is 44.4 Å². The SMILES string of the molecule is Cc1ccc(-n2nc(C)c(C(=O)NCCN3CCOCC3)c2-n2cccc2)cc1. The van der Waals surface area contributed by atoms with Crippen LogP contribution < -0.4 is 5.32 Å². The van der Waals surface area contributed by atoms with Crippen LogP contribution >= 0.6 is 0 Å². The maximum atomic E-state index is 13.1. The van der Waals surface area contributed by atoms with E-state index in [2.05, 4.69) is 17.1 Å². The first kappa shape index (κ1) is 19.4. The first-order chi connectivity index (χ1) is 14.1. The molecule has 1 saturated heterocycles. The van der Waals surface area contributed by atoms with E-state index >= 15 is 0 Å². The Morgan fingerprint density at radius 3 is 2.48 bits per heavy atom. The average molecular weight is 393 g/mol. The van der Waals surface area contributed by atoms with Crippen molar-refractivity contribution in [2.45, 2.75) is 13.8 Å². The summed E-state index contributed by atoms with van der Waals surface area (Å²) in [5.74, 6) is 0.651. The molecule has 7 heteroatoms. The van der Waals surface area contributed by atoms with Crippen molar-refractivity contribution in [3.8, 4) is 11.5 Å². The highest BCUT2D eigenvalue weighted by atomic mass is 16.5. The van der Waals surface area contributed by atoms with Gasteiger partial charge in [0.2, 0.25) is 0 Å². The van der Waals surface area contributed by atoms with E-state index in [0.29, 0.717) is 17.8 Å². The minimum Gasteiger partial charge on any atom is -0.379 e. The summed E-state index contributed by atoms with van der Waals surface area (Å²) < 4.78 is 9.16. The lowest BCUT2D eigenvalue weighted by Crippen LogP contribution is -2.41. The van der Waals surface area contributed by atoms with Crippen LogP contribution in [0.4, 0.5) is 0 Å². The molecule has 0 spiro atoms. The van der Waals surface area contributed by atoms with Crippen LogP contribution in [-0.4, -0.2) is 64.5 Å². The van der Waals surface area contributed by atoms with Gasteiger partial charge in [-0.25, -0.2) is 4.68 Å². The van der Waals surface area contributed by atoms with Gasteiger partial charge in [0.15, 0.2) is 5.82 Å². The summed E-state index contributed by atoms with van der Waals surface area (Å²) in [7, 11) is 0. The minimum atomic E-state index is -0.0992. The molecule has 3 aromatic rings. The predicted octanol–water partition coefficient (Wildman–Crippen LogP) is 2.34. The highest BCUT2D eigenvalue weighted by molar-refractivity contribution is 5.98. The first-order valence-corrected chi connectivity index (χ1v) is 10.0. The molecule has 0 unspecified atom stereocenters. The van der Waals surface area contributed by atoms with Gasteiger partial charge in [0.05, 0.1) is 24.6 Å². The molecule has 4 rings (SSSR count). The summed E-state index contributed by atoms with van der Waals surface area (Å²) in [6.07, 6.45) is 3.87. The molecule has 0 saturated carbocycles. The molecule has 1 N–H and O–H groups in total. The number of nitrogens with zero attached hydrogens (tertiary/aromatic N) is 4. The van der Waals surface area contributed by atoms with Crippen molar-refractivity contribution in [1.82, 2.24) is 24.6 Å². The third-order valence-electron chi connectivity index (χ3n) is 5.21. The summed E-state index contributed by atoms with van der Waals surface area (Å²) in [6, 6.07) is 12.0. The zero-order valence-corrected chi connectivity index (χ0v) is 17.0. The second kappa shape index (κ2) is 8.63. The van der Waals surface area contributed by atoms with Crippen LogP contribution in [0.2, 0.25) is 0 Å². The number of carbonyl (C=O) groups excluding carboxylic acids is 1. The molecule has 152 valence electrons. The van der Waals surface area contributed by atoms with Crippen molar-refractivity contribution in [3.05, 3.63) is 65.6 Å². The van der Waals surface area contributed by atoms with Crippen LogP contribution in [0.1, 0.15) is 21.6 Å². The van der Waals surface area contributed by atoms with Crippen LogP contribution in [0.15, 0.2) is 48.8 Å². The second-order valence-electron chi connectivity index (χ2n) is 7.33. The van der Waals surface area contributed by atoms with Gasteiger partial charge >= 0.3 is 0 Å². The Morgan fingerprint density at radius 1 is 1.10 bits per heavy atom. The van der Waals surface area contributed by atoms with Crippen LogP contribution in [0, 0.1) is 13.8 Å². The first-order valence-electron chi connectivity index (χ1n) is 10.0. The van der Waals surface area contributed by atoms with Crippen LogP contribution in [0.5, 0.6) is 0 Å². The smallest absolute Gasteiger partial charge is 0.257 e. The molecule has 0 atom stereocenters. The second-order valence-corrected chi connectivity index (χ2v) is 7.33. The zero-order valence-electron chi connectivity index (χ0n) is 17.0. The standard InChI is InChI=1S/C22H27N5O2/c1-17-5-7-19(8-6-17)27-22(26-10-3-4-11-26)20(18(2)24-27)21(28)23-9-12-25-13-15-29-16-14-25/h3-8,10-11H,9,12-16H2,1-2H3,(H,23,28). The molecule has 29 heavy (non-hydrogen) atoms. The molecule has 1 aliphatic heterocycles. The lowest BCUT2D eigenvalue weighted by Gasteiger charge is -2.26. The Labute approximate surface area is 170 Å². The van der Waals surface area contributed by atoms with E-state index < -0.39 is 0 Å². The summed E-state index contributed by atoms with van der Waals surface area (Å²) in [5, 5.41) is 7.77. The third-order valence-corrected chi connectivity index (χ3v) is 5.21. The Hall–Kier alpha value is -2.90. The maximum Gasteiger partial charge on any atom is 0.257 e. The fraction of sp³-hybridized carbons (Fsp3) is 0.364. The van der Waals surface area contributed by atoms with Gasteiger partial charge in [0, 0.05) is 38.6 Å². The Bertz CT molecular complexity index is 954. The molecule has 1 amide bonds. The molecule has 0 radical (unpaired) electrons. The van der Waals surface area contributed by atoms with Gasteiger partial charge < -0.3 is 14.6 Å². The van der Waals surface area contributed by atoms with Crippen LogP contribution in [0.3, 0.4) is 0 Å². The normalized spacial score (nSPS) is 14.8. The predicted molar refractivity (Wildman–Crippen MR) is 112 cm³/mol. The molecule has 3 heterocycles. The highest BCUT2D eigenvalue weighted by Gasteiger charge is 2.23. The summed E-state index contributed by atoms with van der Waals surface area (Å²) in [6.45, 7) is 8.69.